The number of nitrogens with zero attached hydrogens (tertiary/aromatic N) is 2. The van der Waals surface area contributed by atoms with E-state index in [1.807, 2.05) is 0 Å². The predicted octanol–water partition coefficient (Wildman–Crippen LogP) is 4.08. The summed E-state index contributed by atoms with van der Waals surface area (Å²) < 4.78 is 50.9. The highest BCUT2D eigenvalue weighted by Crippen LogP contribution is 2.28. The van der Waals surface area contributed by atoms with Gasteiger partial charge in [-0.05, 0) is 49.6 Å². The molecule has 10 heteroatoms. The van der Waals surface area contributed by atoms with Crippen LogP contribution >= 0.6 is 0 Å². The predicted molar refractivity (Wildman–Crippen MR) is 99.7 cm³/mol. The van der Waals surface area contributed by atoms with E-state index in [-0.39, 0.29) is 18.4 Å². The fourth-order valence-electron chi connectivity index (χ4n) is 3.19. The van der Waals surface area contributed by atoms with Crippen molar-refractivity contribution < 1.29 is 37.0 Å². The van der Waals surface area contributed by atoms with E-state index in [0.29, 0.717) is 31.7 Å². The molecule has 0 radical (unpaired) electrons. The molecule has 2 aliphatic rings. The number of alkyl halides is 3. The minimum absolute atomic E-state index is 0.0731. The molecular weight excluding hydrogens is 405 g/mol. The number of halogens is 3. The Balaban J connectivity index is 1.44. The monoisotopic (exact) mass is 428 g/mol. The van der Waals surface area contributed by atoms with Gasteiger partial charge >= 0.3 is 18.5 Å². The summed E-state index contributed by atoms with van der Waals surface area (Å²) in [7, 11) is 0. The molecule has 2 heterocycles. The molecule has 0 saturated heterocycles. The summed E-state index contributed by atoms with van der Waals surface area (Å²) in [4.78, 5) is 27.6. The number of benzene rings is 1. The van der Waals surface area contributed by atoms with Gasteiger partial charge in [-0.1, -0.05) is 12.1 Å². The highest BCUT2D eigenvalue weighted by atomic mass is 19.4. The summed E-state index contributed by atoms with van der Waals surface area (Å²) in [5.41, 5.74) is 1.95. The normalized spacial score (nSPS) is 16.6. The lowest BCUT2D eigenvalue weighted by Crippen LogP contribution is -2.39. The van der Waals surface area contributed by atoms with E-state index in [4.69, 9.17) is 9.47 Å². The highest BCUT2D eigenvalue weighted by Gasteiger charge is 2.36. The number of hydrogen-bond donors (Lipinski definition) is 0. The van der Waals surface area contributed by atoms with Crippen LogP contribution in [0, 0.1) is 0 Å². The number of rotatable bonds is 3. The Kier molecular flexibility index (Phi) is 5.87. The average Bonchev–Trinajstić information content (AvgIpc) is 3.17. The van der Waals surface area contributed by atoms with Crippen LogP contribution in [0.3, 0.4) is 0 Å². The average molecular weight is 428 g/mol. The quantitative estimate of drug-likeness (QED) is 0.679. The van der Waals surface area contributed by atoms with Crippen molar-refractivity contribution in [3.8, 4) is 5.75 Å². The van der Waals surface area contributed by atoms with Gasteiger partial charge in [0.15, 0.2) is 0 Å². The Labute approximate surface area is 172 Å². The van der Waals surface area contributed by atoms with E-state index in [9.17, 15) is 22.8 Å². The zero-order chi connectivity index (χ0) is 22.1. The van der Waals surface area contributed by atoms with Crippen LogP contribution in [0.2, 0.25) is 0 Å². The molecule has 0 aliphatic carbocycles. The molecule has 2 aliphatic heterocycles. The lowest BCUT2D eigenvalue weighted by Gasteiger charge is -2.26. The van der Waals surface area contributed by atoms with Gasteiger partial charge in [-0.25, -0.2) is 9.59 Å². The van der Waals surface area contributed by atoms with Crippen LogP contribution in [-0.4, -0.2) is 60.1 Å². The topological polar surface area (TPSA) is 68.3 Å². The third-order valence-corrected chi connectivity index (χ3v) is 4.46. The van der Waals surface area contributed by atoms with E-state index < -0.39 is 18.1 Å². The Morgan fingerprint density at radius 2 is 1.40 bits per heavy atom. The lowest BCUT2D eigenvalue weighted by atomic mass is 10.2. The van der Waals surface area contributed by atoms with E-state index in [1.165, 1.54) is 17.0 Å². The molecule has 30 heavy (non-hydrogen) atoms. The highest BCUT2D eigenvalue weighted by molar-refractivity contribution is 5.73. The van der Waals surface area contributed by atoms with E-state index in [2.05, 4.69) is 4.74 Å². The van der Waals surface area contributed by atoms with E-state index in [1.54, 1.807) is 25.7 Å². The van der Waals surface area contributed by atoms with Crippen LogP contribution in [-0.2, 0) is 16.1 Å². The van der Waals surface area contributed by atoms with Gasteiger partial charge in [0, 0.05) is 26.2 Å². The molecule has 2 amide bonds. The first kappa shape index (κ1) is 21.8. The molecule has 0 bridgehead atoms. The van der Waals surface area contributed by atoms with Crippen LogP contribution in [0.1, 0.15) is 26.3 Å². The molecule has 0 spiro atoms. The fraction of sp³-hybridized carbons (Fsp3) is 0.500. The van der Waals surface area contributed by atoms with Crippen molar-refractivity contribution in [2.45, 2.75) is 39.3 Å². The second-order valence-electron chi connectivity index (χ2n) is 8.15. The Bertz CT molecular complexity index is 825. The van der Waals surface area contributed by atoms with Crippen LogP contribution in [0.25, 0.3) is 0 Å². The Morgan fingerprint density at radius 3 is 1.87 bits per heavy atom. The summed E-state index contributed by atoms with van der Waals surface area (Å²) in [6.07, 6.45) is -5.66. The molecule has 7 nitrogen and oxygen atoms in total. The van der Waals surface area contributed by atoms with Gasteiger partial charge in [-0.15, -0.1) is 13.2 Å². The molecular formula is C20H23F3N2O5. The van der Waals surface area contributed by atoms with Gasteiger partial charge in [0.05, 0.1) is 0 Å². The first-order chi connectivity index (χ1) is 13.9. The Morgan fingerprint density at radius 1 is 0.900 bits per heavy atom. The second-order valence-corrected chi connectivity index (χ2v) is 8.15. The summed E-state index contributed by atoms with van der Waals surface area (Å²) in [5, 5.41) is 0. The first-order valence-corrected chi connectivity index (χ1v) is 9.34. The SMILES string of the molecule is CC(C)(C)OC(=O)N1CC2=C(CN(C(=O)OCc3ccc(OC(F)(F)F)cc3)C2)C1. The number of ether oxygens (including phenoxy) is 3. The molecule has 1 aromatic rings. The van der Waals surface area contributed by atoms with Gasteiger partial charge < -0.3 is 24.0 Å². The second kappa shape index (κ2) is 8.08. The minimum Gasteiger partial charge on any atom is -0.445 e. The fourth-order valence-corrected chi connectivity index (χ4v) is 3.19. The summed E-state index contributed by atoms with van der Waals surface area (Å²) >= 11 is 0. The third kappa shape index (κ3) is 5.80. The van der Waals surface area contributed by atoms with Crippen LogP contribution in [0.5, 0.6) is 5.75 Å². The number of hydrogen-bond acceptors (Lipinski definition) is 5. The molecule has 0 fully saturated rings. The molecule has 0 saturated carbocycles. The van der Waals surface area contributed by atoms with Crippen molar-refractivity contribution in [2.24, 2.45) is 0 Å². The third-order valence-electron chi connectivity index (χ3n) is 4.46. The van der Waals surface area contributed by atoms with Crippen molar-refractivity contribution in [1.29, 1.82) is 0 Å². The maximum atomic E-state index is 12.3. The lowest BCUT2D eigenvalue weighted by molar-refractivity contribution is -0.274. The van der Waals surface area contributed by atoms with Crippen molar-refractivity contribution in [1.82, 2.24) is 9.80 Å². The van der Waals surface area contributed by atoms with Gasteiger partial charge in [0.25, 0.3) is 0 Å². The van der Waals surface area contributed by atoms with Crippen molar-refractivity contribution in [2.75, 3.05) is 26.2 Å². The van der Waals surface area contributed by atoms with E-state index in [0.717, 1.165) is 23.3 Å². The van der Waals surface area contributed by atoms with Gasteiger partial charge in [0.2, 0.25) is 0 Å². The maximum Gasteiger partial charge on any atom is 0.573 e. The van der Waals surface area contributed by atoms with Gasteiger partial charge in [-0.3, -0.25) is 0 Å². The standard InChI is InChI=1S/C20H23F3N2O5/c1-19(2,3)30-18(27)25-10-14-8-24(9-15(14)11-25)17(26)28-12-13-4-6-16(7-5-13)29-20(21,22)23/h4-7H,8-12H2,1-3H3. The molecule has 164 valence electrons. The van der Waals surface area contributed by atoms with Gasteiger partial charge in [0.1, 0.15) is 18.0 Å². The summed E-state index contributed by atoms with van der Waals surface area (Å²) in [6.45, 7) is 6.89. The van der Waals surface area contributed by atoms with Gasteiger partial charge in [-0.2, -0.15) is 0 Å². The van der Waals surface area contributed by atoms with Crippen molar-refractivity contribution >= 4 is 12.2 Å². The summed E-state index contributed by atoms with van der Waals surface area (Å²) in [5.74, 6) is -0.340. The molecule has 0 aromatic heterocycles. The molecule has 0 atom stereocenters. The van der Waals surface area contributed by atoms with Crippen LogP contribution in [0.4, 0.5) is 22.8 Å². The molecule has 0 N–H and O–H groups in total. The summed E-state index contributed by atoms with van der Waals surface area (Å²) in [6, 6.07) is 5.12. The maximum absolute atomic E-state index is 12.3. The molecule has 0 unspecified atom stereocenters. The minimum atomic E-state index is -4.75. The van der Waals surface area contributed by atoms with Crippen LogP contribution in [0.15, 0.2) is 35.4 Å². The smallest absolute Gasteiger partial charge is 0.445 e. The number of carbonyl (C=O) groups is 2. The zero-order valence-electron chi connectivity index (χ0n) is 16.9. The molecule has 3 rings (SSSR count). The Hall–Kier alpha value is -2.91. The van der Waals surface area contributed by atoms with E-state index >= 15 is 0 Å². The molecule has 1 aromatic carbocycles. The first-order valence-electron chi connectivity index (χ1n) is 9.34. The number of carbonyl (C=O) groups excluding carboxylic acids is 2. The largest absolute Gasteiger partial charge is 0.573 e. The number of amides is 2. The van der Waals surface area contributed by atoms with Crippen molar-refractivity contribution in [3.63, 3.8) is 0 Å². The zero-order valence-corrected chi connectivity index (χ0v) is 16.9. The van der Waals surface area contributed by atoms with Crippen LogP contribution < -0.4 is 4.74 Å². The van der Waals surface area contributed by atoms with Crippen molar-refractivity contribution in [3.05, 3.63) is 41.0 Å².